The summed E-state index contributed by atoms with van der Waals surface area (Å²) in [4.78, 5) is 0. The lowest BCUT2D eigenvalue weighted by Gasteiger charge is -2.22. The first-order valence-electron chi connectivity index (χ1n) is 8.64. The maximum atomic E-state index is 6.16. The van der Waals surface area contributed by atoms with E-state index in [-0.39, 0.29) is 0 Å². The van der Waals surface area contributed by atoms with Crippen molar-refractivity contribution in [2.24, 2.45) is 11.8 Å². The highest BCUT2D eigenvalue weighted by molar-refractivity contribution is 5.63. The van der Waals surface area contributed by atoms with Gasteiger partial charge in [-0.25, -0.2) is 0 Å². The van der Waals surface area contributed by atoms with E-state index < -0.39 is 0 Å². The molecule has 22 heavy (non-hydrogen) atoms. The number of hydrogen-bond acceptors (Lipinski definition) is 1. The Hall–Kier alpha value is -1.60. The molecule has 4 rings (SSSR count). The summed E-state index contributed by atoms with van der Waals surface area (Å²) < 4.78 is 6.16. The van der Waals surface area contributed by atoms with E-state index in [1.54, 1.807) is 0 Å². The topological polar surface area (TPSA) is 9.23 Å². The molecule has 2 aromatic rings. The molecule has 0 saturated heterocycles. The highest BCUT2D eigenvalue weighted by atomic mass is 16.5. The first-order valence-corrected chi connectivity index (χ1v) is 8.64. The molecule has 1 nitrogen and oxygen atoms in total. The molecule has 3 unspecified atom stereocenters. The minimum absolute atomic E-state index is 0.558. The van der Waals surface area contributed by atoms with E-state index in [0.29, 0.717) is 6.10 Å². The van der Waals surface area contributed by atoms with Crippen LogP contribution in [-0.4, -0.2) is 12.7 Å². The van der Waals surface area contributed by atoms with Crippen LogP contribution in [0.1, 0.15) is 31.2 Å². The van der Waals surface area contributed by atoms with Gasteiger partial charge in [-0.1, -0.05) is 54.6 Å². The summed E-state index contributed by atoms with van der Waals surface area (Å²) in [7, 11) is 0. The van der Waals surface area contributed by atoms with Crippen molar-refractivity contribution in [1.82, 2.24) is 0 Å². The minimum atomic E-state index is 0.558. The molecule has 0 heterocycles. The second kappa shape index (κ2) is 6.26. The van der Waals surface area contributed by atoms with E-state index in [0.717, 1.165) is 24.9 Å². The highest BCUT2D eigenvalue weighted by Gasteiger charge is 2.39. The zero-order chi connectivity index (χ0) is 14.8. The molecule has 2 fully saturated rings. The number of fused-ring (bicyclic) bond motifs is 2. The van der Waals surface area contributed by atoms with Gasteiger partial charge in [0, 0.05) is 0 Å². The van der Waals surface area contributed by atoms with Crippen molar-refractivity contribution in [3.05, 3.63) is 60.2 Å². The van der Waals surface area contributed by atoms with Crippen LogP contribution in [0.4, 0.5) is 0 Å². The third-order valence-electron chi connectivity index (χ3n) is 5.46. The van der Waals surface area contributed by atoms with Gasteiger partial charge < -0.3 is 4.74 Å². The predicted octanol–water partition coefficient (Wildman–Crippen LogP) is 5.10. The van der Waals surface area contributed by atoms with Crippen molar-refractivity contribution in [3.63, 3.8) is 0 Å². The van der Waals surface area contributed by atoms with E-state index in [2.05, 4.69) is 54.6 Å². The van der Waals surface area contributed by atoms with Gasteiger partial charge in [-0.3, -0.25) is 0 Å². The molecular formula is C21H24O. The average Bonchev–Trinajstić information content (AvgIpc) is 3.19. The van der Waals surface area contributed by atoms with Crippen LogP contribution in [0.15, 0.2) is 54.6 Å². The van der Waals surface area contributed by atoms with Crippen LogP contribution in [0.5, 0.6) is 0 Å². The molecule has 0 amide bonds. The normalized spacial score (nSPS) is 26.5. The quantitative estimate of drug-likeness (QED) is 0.745. The van der Waals surface area contributed by atoms with Gasteiger partial charge >= 0.3 is 0 Å². The third-order valence-corrected chi connectivity index (χ3v) is 5.46. The summed E-state index contributed by atoms with van der Waals surface area (Å²) in [6.07, 6.45) is 7.19. The average molecular weight is 292 g/mol. The van der Waals surface area contributed by atoms with E-state index >= 15 is 0 Å². The first-order chi connectivity index (χ1) is 10.9. The fourth-order valence-corrected chi connectivity index (χ4v) is 4.21. The fourth-order valence-electron chi connectivity index (χ4n) is 4.21. The zero-order valence-corrected chi connectivity index (χ0v) is 13.1. The van der Waals surface area contributed by atoms with Gasteiger partial charge in [0.25, 0.3) is 0 Å². The molecular weight excluding hydrogens is 268 g/mol. The van der Waals surface area contributed by atoms with Crippen molar-refractivity contribution in [3.8, 4) is 11.1 Å². The van der Waals surface area contributed by atoms with Gasteiger partial charge in [-0.15, -0.1) is 0 Å². The molecule has 0 N–H and O–H groups in total. The number of rotatable bonds is 5. The lowest BCUT2D eigenvalue weighted by atomic mass is 9.98. The Morgan fingerprint density at radius 3 is 2.27 bits per heavy atom. The molecule has 1 heteroatoms. The van der Waals surface area contributed by atoms with Gasteiger partial charge in [0.05, 0.1) is 12.7 Å². The van der Waals surface area contributed by atoms with Crippen LogP contribution < -0.4 is 0 Å². The molecule has 2 saturated carbocycles. The van der Waals surface area contributed by atoms with E-state index in [1.165, 1.54) is 42.4 Å². The third kappa shape index (κ3) is 2.96. The maximum absolute atomic E-state index is 6.16. The SMILES string of the molecule is c1ccc(-c2ccc(CCOC3CC4CCC3C4)cc2)cc1. The number of benzene rings is 2. The van der Waals surface area contributed by atoms with Gasteiger partial charge in [-0.05, 0) is 60.6 Å². The second-order valence-electron chi connectivity index (χ2n) is 6.90. The summed E-state index contributed by atoms with van der Waals surface area (Å²) in [5.41, 5.74) is 3.95. The Balaban J connectivity index is 1.30. The smallest absolute Gasteiger partial charge is 0.0606 e. The molecule has 0 spiro atoms. The van der Waals surface area contributed by atoms with E-state index in [1.807, 2.05) is 0 Å². The summed E-state index contributed by atoms with van der Waals surface area (Å²) >= 11 is 0. The fraction of sp³-hybridized carbons (Fsp3) is 0.429. The van der Waals surface area contributed by atoms with Crippen molar-refractivity contribution < 1.29 is 4.74 Å². The van der Waals surface area contributed by atoms with Gasteiger partial charge in [0.15, 0.2) is 0 Å². The molecule has 2 aliphatic rings. The number of ether oxygens (including phenoxy) is 1. The summed E-state index contributed by atoms with van der Waals surface area (Å²) in [5, 5.41) is 0. The lowest BCUT2D eigenvalue weighted by Crippen LogP contribution is -2.21. The van der Waals surface area contributed by atoms with E-state index in [4.69, 9.17) is 4.74 Å². The molecule has 0 aromatic heterocycles. The van der Waals surface area contributed by atoms with Crippen LogP contribution in [0.3, 0.4) is 0 Å². The minimum Gasteiger partial charge on any atom is -0.378 e. The summed E-state index contributed by atoms with van der Waals surface area (Å²) in [6.45, 7) is 0.874. The molecule has 2 aromatic carbocycles. The summed E-state index contributed by atoms with van der Waals surface area (Å²) in [5.74, 6) is 1.84. The number of hydrogen-bond donors (Lipinski definition) is 0. The molecule has 2 aliphatic carbocycles. The monoisotopic (exact) mass is 292 g/mol. The highest BCUT2D eigenvalue weighted by Crippen LogP contribution is 2.45. The largest absolute Gasteiger partial charge is 0.378 e. The molecule has 114 valence electrons. The molecule has 3 atom stereocenters. The Kier molecular flexibility index (Phi) is 3.99. The molecule has 2 bridgehead atoms. The standard InChI is InChI=1S/C21H24O/c1-2-4-18(5-3-1)19-9-6-16(7-10-19)12-13-22-21-15-17-8-11-20(21)14-17/h1-7,9-10,17,20-21H,8,11-15H2. The van der Waals surface area contributed by atoms with Crippen LogP contribution in [-0.2, 0) is 11.2 Å². The van der Waals surface area contributed by atoms with Crippen molar-refractivity contribution in [2.75, 3.05) is 6.61 Å². The van der Waals surface area contributed by atoms with Crippen LogP contribution in [0, 0.1) is 11.8 Å². The predicted molar refractivity (Wildman–Crippen MR) is 90.8 cm³/mol. The Bertz CT molecular complexity index is 602. The Morgan fingerprint density at radius 1 is 0.818 bits per heavy atom. The van der Waals surface area contributed by atoms with E-state index in [9.17, 15) is 0 Å². The maximum Gasteiger partial charge on any atom is 0.0606 e. The Labute approximate surface area is 133 Å². The van der Waals surface area contributed by atoms with Crippen LogP contribution in [0.25, 0.3) is 11.1 Å². The van der Waals surface area contributed by atoms with Crippen LogP contribution in [0.2, 0.25) is 0 Å². The zero-order valence-electron chi connectivity index (χ0n) is 13.1. The van der Waals surface area contributed by atoms with Crippen molar-refractivity contribution in [2.45, 2.75) is 38.2 Å². The van der Waals surface area contributed by atoms with Gasteiger partial charge in [0.1, 0.15) is 0 Å². The van der Waals surface area contributed by atoms with Crippen molar-refractivity contribution in [1.29, 1.82) is 0 Å². The van der Waals surface area contributed by atoms with Gasteiger partial charge in [0.2, 0.25) is 0 Å². The molecule has 0 radical (unpaired) electrons. The summed E-state index contributed by atoms with van der Waals surface area (Å²) in [6, 6.07) is 19.5. The Morgan fingerprint density at radius 2 is 1.59 bits per heavy atom. The lowest BCUT2D eigenvalue weighted by molar-refractivity contribution is 0.0183. The molecule has 0 aliphatic heterocycles. The second-order valence-corrected chi connectivity index (χ2v) is 6.90. The van der Waals surface area contributed by atoms with Gasteiger partial charge in [-0.2, -0.15) is 0 Å². The van der Waals surface area contributed by atoms with Crippen molar-refractivity contribution >= 4 is 0 Å². The van der Waals surface area contributed by atoms with Crippen LogP contribution >= 0.6 is 0 Å². The first kappa shape index (κ1) is 14.0.